The van der Waals surface area contributed by atoms with E-state index in [2.05, 4.69) is 33.8 Å². The van der Waals surface area contributed by atoms with Crippen molar-refractivity contribution in [1.82, 2.24) is 9.88 Å². The third kappa shape index (κ3) is 4.47. The molecule has 2 aliphatic heterocycles. The Kier molecular flexibility index (Phi) is 5.88. The number of anilines is 2. The number of rotatable bonds is 4. The average molecular weight is 395 g/mol. The molecule has 6 nitrogen and oxygen atoms in total. The summed E-state index contributed by atoms with van der Waals surface area (Å²) in [4.78, 5) is 23.9. The lowest BCUT2D eigenvalue weighted by molar-refractivity contribution is 0.0697. The van der Waals surface area contributed by atoms with Gasteiger partial charge in [0.1, 0.15) is 5.75 Å². The third-order valence-electron chi connectivity index (χ3n) is 6.12. The number of piperazine rings is 1. The lowest BCUT2D eigenvalue weighted by atomic mass is 9.99. The molecule has 1 aromatic carbocycles. The minimum absolute atomic E-state index is 0.114. The van der Waals surface area contributed by atoms with E-state index >= 15 is 0 Å². The highest BCUT2D eigenvalue weighted by atomic mass is 16.5. The molecule has 2 aliphatic rings. The predicted octanol–water partition coefficient (Wildman–Crippen LogP) is 3.29. The summed E-state index contributed by atoms with van der Waals surface area (Å²) in [5.41, 5.74) is 2.96. The Morgan fingerprint density at radius 2 is 1.55 bits per heavy atom. The number of amides is 1. The van der Waals surface area contributed by atoms with Gasteiger partial charge in [0.15, 0.2) is 0 Å². The van der Waals surface area contributed by atoms with Crippen molar-refractivity contribution in [2.75, 3.05) is 56.2 Å². The monoisotopic (exact) mass is 394 g/mol. The standard InChI is InChI=1S/C23H30N4O2/c1-18-7-9-27(10-8-18)23(28)19-15-21(17-24-16-19)26-13-11-25(12-14-26)20-3-5-22(29-2)6-4-20/h3-6,15-18H,7-14H2,1-2H3. The maximum Gasteiger partial charge on any atom is 0.255 e. The van der Waals surface area contributed by atoms with E-state index in [1.165, 1.54) is 5.69 Å². The van der Waals surface area contributed by atoms with E-state index in [0.29, 0.717) is 11.5 Å². The van der Waals surface area contributed by atoms with Gasteiger partial charge in [-0.15, -0.1) is 0 Å². The summed E-state index contributed by atoms with van der Waals surface area (Å²) in [7, 11) is 1.69. The normalized spacial score (nSPS) is 18.1. The molecule has 1 amide bonds. The second-order valence-corrected chi connectivity index (χ2v) is 8.08. The fourth-order valence-electron chi connectivity index (χ4n) is 4.13. The summed E-state index contributed by atoms with van der Waals surface area (Å²) >= 11 is 0. The number of benzene rings is 1. The van der Waals surface area contributed by atoms with Gasteiger partial charge in [0.05, 0.1) is 24.6 Å². The zero-order valence-corrected chi connectivity index (χ0v) is 17.4. The Bertz CT molecular complexity index is 823. The topological polar surface area (TPSA) is 48.9 Å². The fraction of sp³-hybridized carbons (Fsp3) is 0.478. The fourth-order valence-corrected chi connectivity index (χ4v) is 4.13. The van der Waals surface area contributed by atoms with E-state index in [-0.39, 0.29) is 5.91 Å². The Balaban J connectivity index is 1.38. The molecule has 0 spiro atoms. The van der Waals surface area contributed by atoms with Crippen LogP contribution in [0.1, 0.15) is 30.1 Å². The maximum atomic E-state index is 12.9. The van der Waals surface area contributed by atoms with E-state index in [0.717, 1.165) is 63.5 Å². The zero-order valence-electron chi connectivity index (χ0n) is 17.4. The summed E-state index contributed by atoms with van der Waals surface area (Å²) in [5.74, 6) is 1.71. The predicted molar refractivity (Wildman–Crippen MR) is 116 cm³/mol. The van der Waals surface area contributed by atoms with Crippen LogP contribution in [-0.4, -0.2) is 62.2 Å². The van der Waals surface area contributed by atoms with Crippen molar-refractivity contribution >= 4 is 17.3 Å². The Labute approximate surface area is 173 Å². The molecular weight excluding hydrogens is 364 g/mol. The number of ether oxygens (including phenoxy) is 1. The first-order valence-corrected chi connectivity index (χ1v) is 10.5. The molecular formula is C23H30N4O2. The van der Waals surface area contributed by atoms with Gasteiger partial charge in [-0.25, -0.2) is 0 Å². The number of pyridine rings is 1. The van der Waals surface area contributed by atoms with E-state index in [1.807, 2.05) is 29.3 Å². The van der Waals surface area contributed by atoms with Crippen molar-refractivity contribution in [1.29, 1.82) is 0 Å². The van der Waals surface area contributed by atoms with Crippen molar-refractivity contribution in [3.63, 3.8) is 0 Å². The molecule has 6 heteroatoms. The van der Waals surface area contributed by atoms with Crippen LogP contribution in [0.25, 0.3) is 0 Å². The SMILES string of the molecule is COc1ccc(N2CCN(c3cncc(C(=O)N4CCC(C)CC4)c3)CC2)cc1. The van der Waals surface area contributed by atoms with Gasteiger partial charge in [-0.05, 0) is 49.1 Å². The van der Waals surface area contributed by atoms with Gasteiger partial charge in [0, 0.05) is 51.2 Å². The Hall–Kier alpha value is -2.76. The molecule has 0 aliphatic carbocycles. The van der Waals surface area contributed by atoms with Crippen LogP contribution < -0.4 is 14.5 Å². The lowest BCUT2D eigenvalue weighted by Crippen LogP contribution is -2.46. The molecule has 0 radical (unpaired) electrons. The highest BCUT2D eigenvalue weighted by Crippen LogP contribution is 2.24. The van der Waals surface area contributed by atoms with Gasteiger partial charge in [-0.3, -0.25) is 9.78 Å². The van der Waals surface area contributed by atoms with Crippen LogP contribution in [0.3, 0.4) is 0 Å². The summed E-state index contributed by atoms with van der Waals surface area (Å²) in [6.07, 6.45) is 5.76. The smallest absolute Gasteiger partial charge is 0.255 e. The Morgan fingerprint density at radius 3 is 2.17 bits per heavy atom. The van der Waals surface area contributed by atoms with Crippen LogP contribution in [0.5, 0.6) is 5.75 Å². The number of carbonyl (C=O) groups excluding carboxylic acids is 1. The van der Waals surface area contributed by atoms with Gasteiger partial charge >= 0.3 is 0 Å². The Morgan fingerprint density at radius 1 is 0.931 bits per heavy atom. The number of likely N-dealkylation sites (tertiary alicyclic amines) is 1. The van der Waals surface area contributed by atoms with Crippen molar-refractivity contribution in [3.05, 3.63) is 48.3 Å². The molecule has 3 heterocycles. The summed E-state index contributed by atoms with van der Waals surface area (Å²) in [6, 6.07) is 10.2. The molecule has 0 N–H and O–H groups in total. The summed E-state index contributed by atoms with van der Waals surface area (Å²) < 4.78 is 5.25. The van der Waals surface area contributed by atoms with Crippen LogP contribution in [0.2, 0.25) is 0 Å². The molecule has 0 saturated carbocycles. The number of aromatic nitrogens is 1. The second-order valence-electron chi connectivity index (χ2n) is 8.08. The van der Waals surface area contributed by atoms with Gasteiger partial charge in [-0.2, -0.15) is 0 Å². The average Bonchev–Trinajstić information content (AvgIpc) is 2.79. The highest BCUT2D eigenvalue weighted by Gasteiger charge is 2.23. The second kappa shape index (κ2) is 8.72. The van der Waals surface area contributed by atoms with Gasteiger partial charge in [0.2, 0.25) is 0 Å². The first kappa shape index (κ1) is 19.6. The largest absolute Gasteiger partial charge is 0.497 e. The minimum Gasteiger partial charge on any atom is -0.497 e. The van der Waals surface area contributed by atoms with E-state index in [9.17, 15) is 4.79 Å². The van der Waals surface area contributed by atoms with E-state index in [1.54, 1.807) is 13.3 Å². The number of hydrogen-bond acceptors (Lipinski definition) is 5. The van der Waals surface area contributed by atoms with Crippen molar-refractivity contribution < 1.29 is 9.53 Å². The van der Waals surface area contributed by atoms with E-state index in [4.69, 9.17) is 4.74 Å². The molecule has 4 rings (SSSR count). The van der Waals surface area contributed by atoms with Crippen molar-refractivity contribution in [2.24, 2.45) is 5.92 Å². The third-order valence-corrected chi connectivity index (χ3v) is 6.12. The summed E-state index contributed by atoms with van der Waals surface area (Å²) in [5, 5.41) is 0. The van der Waals surface area contributed by atoms with Crippen LogP contribution in [0, 0.1) is 5.92 Å². The first-order valence-electron chi connectivity index (χ1n) is 10.5. The molecule has 1 aromatic heterocycles. The minimum atomic E-state index is 0.114. The van der Waals surface area contributed by atoms with Gasteiger partial charge < -0.3 is 19.4 Å². The van der Waals surface area contributed by atoms with Crippen molar-refractivity contribution in [3.8, 4) is 5.75 Å². The molecule has 154 valence electrons. The number of nitrogens with zero attached hydrogens (tertiary/aromatic N) is 4. The quantitative estimate of drug-likeness (QED) is 0.796. The van der Waals surface area contributed by atoms with Gasteiger partial charge in [-0.1, -0.05) is 6.92 Å². The molecule has 29 heavy (non-hydrogen) atoms. The number of methoxy groups -OCH3 is 1. The zero-order chi connectivity index (χ0) is 20.2. The number of piperidine rings is 1. The lowest BCUT2D eigenvalue weighted by Gasteiger charge is -2.37. The van der Waals surface area contributed by atoms with Crippen molar-refractivity contribution in [2.45, 2.75) is 19.8 Å². The molecule has 2 saturated heterocycles. The van der Waals surface area contributed by atoms with E-state index < -0.39 is 0 Å². The molecule has 0 atom stereocenters. The molecule has 2 fully saturated rings. The van der Waals surface area contributed by atoms with Gasteiger partial charge in [0.25, 0.3) is 5.91 Å². The van der Waals surface area contributed by atoms with Crippen LogP contribution in [-0.2, 0) is 0 Å². The molecule has 2 aromatic rings. The van der Waals surface area contributed by atoms with Crippen LogP contribution >= 0.6 is 0 Å². The summed E-state index contributed by atoms with van der Waals surface area (Å²) in [6.45, 7) is 7.66. The number of carbonyl (C=O) groups is 1. The molecule has 0 unspecified atom stereocenters. The van der Waals surface area contributed by atoms with Crippen LogP contribution in [0.15, 0.2) is 42.7 Å². The molecule has 0 bridgehead atoms. The first-order chi connectivity index (χ1) is 14.1. The highest BCUT2D eigenvalue weighted by molar-refractivity contribution is 5.94. The maximum absolute atomic E-state index is 12.9. The number of hydrogen-bond donors (Lipinski definition) is 0. The van der Waals surface area contributed by atoms with Crippen LogP contribution in [0.4, 0.5) is 11.4 Å².